The van der Waals surface area contributed by atoms with Gasteiger partial charge in [-0.05, 0) is 39.5 Å². The predicted molar refractivity (Wildman–Crippen MR) is 93.0 cm³/mol. The summed E-state index contributed by atoms with van der Waals surface area (Å²) in [5.41, 5.74) is 0. The smallest absolute Gasteiger partial charge is 0.407 e. The summed E-state index contributed by atoms with van der Waals surface area (Å²) in [4.78, 5) is 22.1. The number of rotatable bonds is 14. The van der Waals surface area contributed by atoms with E-state index in [4.69, 9.17) is 9.47 Å². The summed E-state index contributed by atoms with van der Waals surface area (Å²) in [5.74, 6) is 0. The Hall–Kier alpha value is -1.50. The number of carbonyl (C=O) groups is 2. The monoisotopic (exact) mass is 346 g/mol. The van der Waals surface area contributed by atoms with Gasteiger partial charge in [-0.3, -0.25) is 0 Å². The minimum absolute atomic E-state index is 0.263. The van der Waals surface area contributed by atoms with Crippen LogP contribution in [0.5, 0.6) is 0 Å². The number of hydrogen-bond acceptors (Lipinski definition) is 5. The van der Waals surface area contributed by atoms with Gasteiger partial charge in [0.25, 0.3) is 0 Å². The molecule has 0 aliphatic heterocycles. The first kappa shape index (κ1) is 22.5. The third-order valence-corrected chi connectivity index (χ3v) is 3.52. The molecule has 0 fully saturated rings. The van der Waals surface area contributed by atoms with Gasteiger partial charge in [0.2, 0.25) is 0 Å². The lowest BCUT2D eigenvalue weighted by atomic mass is 10.0. The normalized spacial score (nSPS) is 10.5. The molecule has 0 saturated carbocycles. The average Bonchev–Trinajstić information content (AvgIpc) is 2.54. The van der Waals surface area contributed by atoms with Crippen LogP contribution in [-0.2, 0) is 9.47 Å². The zero-order valence-electron chi connectivity index (χ0n) is 15.1. The summed E-state index contributed by atoms with van der Waals surface area (Å²) in [6.07, 6.45) is 6.24. The van der Waals surface area contributed by atoms with E-state index < -0.39 is 0 Å². The van der Waals surface area contributed by atoms with Crippen LogP contribution < -0.4 is 10.6 Å². The Labute approximate surface area is 145 Å². The fraction of sp³-hybridized carbons (Fsp3) is 0.882. The Kier molecular flexibility index (Phi) is 15.3. The number of carbonyl (C=O) groups excluding carboxylic acids is 2. The third kappa shape index (κ3) is 15.4. The average molecular weight is 346 g/mol. The summed E-state index contributed by atoms with van der Waals surface area (Å²) in [6.45, 7) is 5.55. The molecule has 3 N–H and O–H groups in total. The highest BCUT2D eigenvalue weighted by Gasteiger charge is 2.05. The Morgan fingerprint density at radius 3 is 1.58 bits per heavy atom. The van der Waals surface area contributed by atoms with Crippen LogP contribution in [-0.4, -0.2) is 49.7 Å². The van der Waals surface area contributed by atoms with Crippen LogP contribution in [0.4, 0.5) is 9.59 Å². The molecule has 142 valence electrons. The molecule has 0 heterocycles. The number of aliphatic hydroxyl groups excluding tert-OH is 1. The van der Waals surface area contributed by atoms with Gasteiger partial charge in [0, 0.05) is 13.1 Å². The number of ether oxygens (including phenoxy) is 2. The molecule has 0 aromatic rings. The first-order valence-corrected chi connectivity index (χ1v) is 9.09. The highest BCUT2D eigenvalue weighted by molar-refractivity contribution is 5.67. The van der Waals surface area contributed by atoms with E-state index in [1.165, 1.54) is 0 Å². The fourth-order valence-electron chi connectivity index (χ4n) is 2.25. The number of unbranched alkanes of at least 4 members (excludes halogenated alkanes) is 4. The molecule has 2 amide bonds. The highest BCUT2D eigenvalue weighted by Crippen LogP contribution is 2.10. The fourth-order valence-corrected chi connectivity index (χ4v) is 2.25. The zero-order chi connectivity index (χ0) is 18.0. The van der Waals surface area contributed by atoms with E-state index in [0.29, 0.717) is 26.3 Å². The summed E-state index contributed by atoms with van der Waals surface area (Å²) in [6, 6.07) is 0. The van der Waals surface area contributed by atoms with Gasteiger partial charge in [-0.2, -0.15) is 0 Å². The number of aliphatic hydroxyl groups is 1. The molecular weight excluding hydrogens is 312 g/mol. The van der Waals surface area contributed by atoms with Gasteiger partial charge in [0.05, 0.1) is 19.3 Å². The first-order valence-electron chi connectivity index (χ1n) is 9.09. The van der Waals surface area contributed by atoms with E-state index in [1.54, 1.807) is 13.8 Å². The van der Waals surface area contributed by atoms with Crippen molar-refractivity contribution in [2.75, 3.05) is 26.3 Å². The van der Waals surface area contributed by atoms with Crippen LogP contribution in [0.3, 0.4) is 0 Å². The molecule has 7 heteroatoms. The Morgan fingerprint density at radius 1 is 0.792 bits per heavy atom. The van der Waals surface area contributed by atoms with Gasteiger partial charge in [-0.1, -0.05) is 25.7 Å². The second-order valence-electron chi connectivity index (χ2n) is 5.65. The van der Waals surface area contributed by atoms with E-state index in [0.717, 1.165) is 51.4 Å². The molecule has 0 aliphatic carbocycles. The molecule has 0 bridgehead atoms. The van der Waals surface area contributed by atoms with Crippen molar-refractivity contribution in [3.8, 4) is 0 Å². The molecule has 0 aliphatic rings. The van der Waals surface area contributed by atoms with Crippen molar-refractivity contribution in [3.05, 3.63) is 0 Å². The van der Waals surface area contributed by atoms with Gasteiger partial charge in [-0.15, -0.1) is 0 Å². The molecule has 0 atom stereocenters. The Balaban J connectivity index is 3.31. The van der Waals surface area contributed by atoms with Crippen molar-refractivity contribution < 1.29 is 24.2 Å². The maximum absolute atomic E-state index is 11.0. The van der Waals surface area contributed by atoms with Gasteiger partial charge in [-0.25, -0.2) is 9.59 Å². The molecule has 0 saturated heterocycles. The van der Waals surface area contributed by atoms with Crippen molar-refractivity contribution in [1.29, 1.82) is 0 Å². The van der Waals surface area contributed by atoms with Crippen LogP contribution in [0.15, 0.2) is 0 Å². The maximum Gasteiger partial charge on any atom is 0.407 e. The van der Waals surface area contributed by atoms with Crippen molar-refractivity contribution >= 4 is 12.2 Å². The molecule has 0 radical (unpaired) electrons. The van der Waals surface area contributed by atoms with Crippen LogP contribution in [0.25, 0.3) is 0 Å². The molecule has 7 nitrogen and oxygen atoms in total. The van der Waals surface area contributed by atoms with E-state index in [-0.39, 0.29) is 18.3 Å². The summed E-state index contributed by atoms with van der Waals surface area (Å²) < 4.78 is 9.53. The molecule has 0 unspecified atom stereocenters. The van der Waals surface area contributed by atoms with Crippen LogP contribution >= 0.6 is 0 Å². The largest absolute Gasteiger partial charge is 0.450 e. The number of alkyl carbamates (subject to hydrolysis) is 2. The van der Waals surface area contributed by atoms with Gasteiger partial charge in [0.1, 0.15) is 0 Å². The van der Waals surface area contributed by atoms with E-state index in [2.05, 4.69) is 10.6 Å². The molecular formula is C17H34N2O5. The van der Waals surface area contributed by atoms with E-state index in [9.17, 15) is 14.7 Å². The quantitative estimate of drug-likeness (QED) is 0.420. The van der Waals surface area contributed by atoms with Gasteiger partial charge >= 0.3 is 12.2 Å². The van der Waals surface area contributed by atoms with E-state index >= 15 is 0 Å². The topological polar surface area (TPSA) is 96.9 Å². The van der Waals surface area contributed by atoms with Gasteiger partial charge < -0.3 is 25.2 Å². The molecule has 0 rings (SSSR count). The Bertz CT molecular complexity index is 296. The predicted octanol–water partition coefficient (Wildman–Crippen LogP) is 2.96. The second kappa shape index (κ2) is 16.4. The van der Waals surface area contributed by atoms with Crippen molar-refractivity contribution in [2.24, 2.45) is 0 Å². The highest BCUT2D eigenvalue weighted by atomic mass is 16.5. The molecule has 0 aromatic heterocycles. The minimum Gasteiger partial charge on any atom is -0.450 e. The standard InChI is InChI=1S/C17H34N2O5/c1-3-23-16(21)18-13-9-5-7-11-15(20)12-8-6-10-14-19-17(22)24-4-2/h15,20H,3-14H2,1-2H3,(H,18,21)(H,19,22). The second-order valence-corrected chi connectivity index (χ2v) is 5.65. The molecule has 0 spiro atoms. The molecule has 0 aromatic carbocycles. The van der Waals surface area contributed by atoms with Crippen LogP contribution in [0.2, 0.25) is 0 Å². The van der Waals surface area contributed by atoms with Crippen LogP contribution in [0.1, 0.15) is 65.2 Å². The number of nitrogens with one attached hydrogen (secondary N) is 2. The summed E-state index contributed by atoms with van der Waals surface area (Å²) in [5, 5.41) is 15.3. The lowest BCUT2D eigenvalue weighted by molar-refractivity contribution is 0.145. The van der Waals surface area contributed by atoms with Crippen molar-refractivity contribution in [1.82, 2.24) is 10.6 Å². The number of hydrogen-bond donors (Lipinski definition) is 3. The van der Waals surface area contributed by atoms with Crippen LogP contribution in [0, 0.1) is 0 Å². The lowest BCUT2D eigenvalue weighted by Gasteiger charge is -2.10. The number of amides is 2. The SMILES string of the molecule is CCOC(=O)NCCCCCC(O)CCCCCNC(=O)OCC. The third-order valence-electron chi connectivity index (χ3n) is 3.52. The van der Waals surface area contributed by atoms with Crippen molar-refractivity contribution in [3.63, 3.8) is 0 Å². The summed E-state index contributed by atoms with van der Waals surface area (Å²) >= 11 is 0. The maximum atomic E-state index is 11.0. The lowest BCUT2D eigenvalue weighted by Crippen LogP contribution is -2.25. The molecule has 24 heavy (non-hydrogen) atoms. The van der Waals surface area contributed by atoms with E-state index in [1.807, 2.05) is 0 Å². The Morgan fingerprint density at radius 2 is 1.21 bits per heavy atom. The minimum atomic E-state index is -0.366. The zero-order valence-corrected chi connectivity index (χ0v) is 15.1. The van der Waals surface area contributed by atoms with Crippen molar-refractivity contribution in [2.45, 2.75) is 71.3 Å². The summed E-state index contributed by atoms with van der Waals surface area (Å²) in [7, 11) is 0. The first-order chi connectivity index (χ1) is 11.6. The van der Waals surface area contributed by atoms with Gasteiger partial charge in [0.15, 0.2) is 0 Å².